The van der Waals surface area contributed by atoms with Crippen molar-refractivity contribution in [2.75, 3.05) is 18.0 Å². The normalized spacial score (nSPS) is 24.6. The second-order valence-electron chi connectivity index (χ2n) is 5.49. The summed E-state index contributed by atoms with van der Waals surface area (Å²) in [5.74, 6) is 0.0391. The summed E-state index contributed by atoms with van der Waals surface area (Å²) in [6.45, 7) is 3.49. The van der Waals surface area contributed by atoms with Crippen LogP contribution < -0.4 is 10.6 Å². The summed E-state index contributed by atoms with van der Waals surface area (Å²) in [5, 5.41) is 22.3. The highest BCUT2D eigenvalue weighted by atomic mass is 35.5. The molecule has 110 valence electrons. The largest absolute Gasteiger partial charge is 0.409 e. The van der Waals surface area contributed by atoms with Gasteiger partial charge in [-0.15, -0.1) is 0 Å². The number of nitrogens with two attached hydrogens (primary N) is 1. The Morgan fingerprint density at radius 3 is 2.80 bits per heavy atom. The molecule has 0 spiro atoms. The van der Waals surface area contributed by atoms with E-state index in [1.54, 1.807) is 12.1 Å². The zero-order valence-electron chi connectivity index (χ0n) is 11.5. The van der Waals surface area contributed by atoms with E-state index in [4.69, 9.17) is 22.5 Å². The molecule has 1 aromatic rings. The molecule has 5 nitrogen and oxygen atoms in total. The molecule has 0 bridgehead atoms. The second kappa shape index (κ2) is 5.89. The van der Waals surface area contributed by atoms with Crippen LogP contribution >= 0.6 is 11.6 Å². The summed E-state index contributed by atoms with van der Waals surface area (Å²) >= 11 is 6.29. The van der Waals surface area contributed by atoms with Crippen LogP contribution in [0.3, 0.4) is 0 Å². The molecule has 0 amide bonds. The van der Waals surface area contributed by atoms with Crippen molar-refractivity contribution in [3.8, 4) is 0 Å². The summed E-state index contributed by atoms with van der Waals surface area (Å²) in [6, 6.07) is 5.34. The summed E-state index contributed by atoms with van der Waals surface area (Å²) < 4.78 is 0. The molecule has 1 aromatic carbocycles. The highest BCUT2D eigenvalue weighted by molar-refractivity contribution is 6.33. The quantitative estimate of drug-likeness (QED) is 0.338. The third-order valence-electron chi connectivity index (χ3n) is 3.76. The number of benzene rings is 1. The summed E-state index contributed by atoms with van der Waals surface area (Å²) in [7, 11) is 0. The maximum absolute atomic E-state index is 10.1. The van der Waals surface area contributed by atoms with Crippen molar-refractivity contribution in [3.63, 3.8) is 0 Å². The number of aliphatic hydroxyl groups is 1. The Bertz CT molecular complexity index is 517. The first-order valence-electron chi connectivity index (χ1n) is 6.68. The average Bonchev–Trinajstić information content (AvgIpc) is 2.59. The standard InChI is InChI=1S/C14H20ClN3O2/c1-14(19)5-2-7-18(8-6-14)12-4-3-10(9-11(12)15)13(16)17-20/h3-4,9,19-20H,2,5-8H2,1H3,(H2,16,17). The SMILES string of the molecule is CC1(O)CCCN(c2ccc(/C(N)=N/O)cc2Cl)CC1. The van der Waals surface area contributed by atoms with Gasteiger partial charge in [0.05, 0.1) is 16.3 Å². The molecule has 2 rings (SSSR count). The minimum Gasteiger partial charge on any atom is -0.409 e. The summed E-state index contributed by atoms with van der Waals surface area (Å²) in [5.41, 5.74) is 6.45. The van der Waals surface area contributed by atoms with Crippen molar-refractivity contribution in [3.05, 3.63) is 28.8 Å². The number of rotatable bonds is 2. The predicted octanol–water partition coefficient (Wildman–Crippen LogP) is 2.18. The Morgan fingerprint density at radius 1 is 1.40 bits per heavy atom. The number of anilines is 1. The van der Waals surface area contributed by atoms with Crippen LogP contribution in [-0.4, -0.2) is 34.8 Å². The van der Waals surface area contributed by atoms with Crippen molar-refractivity contribution < 1.29 is 10.3 Å². The predicted molar refractivity (Wildman–Crippen MR) is 80.7 cm³/mol. The van der Waals surface area contributed by atoms with Gasteiger partial charge < -0.3 is 20.9 Å². The maximum Gasteiger partial charge on any atom is 0.170 e. The van der Waals surface area contributed by atoms with Gasteiger partial charge >= 0.3 is 0 Å². The minimum atomic E-state index is -0.602. The zero-order valence-corrected chi connectivity index (χ0v) is 12.3. The Morgan fingerprint density at radius 2 is 2.15 bits per heavy atom. The van der Waals surface area contributed by atoms with Crippen molar-refractivity contribution in [1.82, 2.24) is 0 Å². The Hall–Kier alpha value is -1.46. The molecule has 1 heterocycles. The molecule has 6 heteroatoms. The van der Waals surface area contributed by atoms with Gasteiger partial charge in [0.2, 0.25) is 0 Å². The molecule has 1 atom stereocenters. The fraction of sp³-hybridized carbons (Fsp3) is 0.500. The molecule has 20 heavy (non-hydrogen) atoms. The van der Waals surface area contributed by atoms with Gasteiger partial charge in [0.15, 0.2) is 5.84 Å². The third-order valence-corrected chi connectivity index (χ3v) is 4.06. The average molecular weight is 298 g/mol. The molecule has 0 saturated carbocycles. The van der Waals surface area contributed by atoms with E-state index in [2.05, 4.69) is 10.1 Å². The topological polar surface area (TPSA) is 82.1 Å². The van der Waals surface area contributed by atoms with Gasteiger partial charge in [0.25, 0.3) is 0 Å². The first-order valence-corrected chi connectivity index (χ1v) is 7.05. The highest BCUT2D eigenvalue weighted by Gasteiger charge is 2.25. The molecule has 0 aliphatic carbocycles. The molecule has 1 fully saturated rings. The van der Waals surface area contributed by atoms with Crippen molar-refractivity contribution >= 4 is 23.1 Å². The smallest absolute Gasteiger partial charge is 0.170 e. The third kappa shape index (κ3) is 3.35. The number of nitrogens with zero attached hydrogens (tertiary/aromatic N) is 2. The molecule has 4 N–H and O–H groups in total. The number of halogens is 1. The molecular formula is C14H20ClN3O2. The van der Waals surface area contributed by atoms with Gasteiger partial charge in [0, 0.05) is 18.7 Å². The summed E-state index contributed by atoms with van der Waals surface area (Å²) in [6.07, 6.45) is 2.43. The van der Waals surface area contributed by atoms with Crippen molar-refractivity contribution in [1.29, 1.82) is 0 Å². The van der Waals surface area contributed by atoms with E-state index in [1.165, 1.54) is 0 Å². The zero-order chi connectivity index (χ0) is 14.8. The van der Waals surface area contributed by atoms with E-state index in [0.717, 1.165) is 31.6 Å². The molecule has 1 aliphatic heterocycles. The lowest BCUT2D eigenvalue weighted by Crippen LogP contribution is -2.28. The van der Waals surface area contributed by atoms with E-state index < -0.39 is 5.60 Å². The van der Waals surface area contributed by atoms with Gasteiger partial charge in [-0.2, -0.15) is 0 Å². The van der Waals surface area contributed by atoms with Gasteiger partial charge in [0.1, 0.15) is 0 Å². The minimum absolute atomic E-state index is 0.0391. The molecular weight excluding hydrogens is 278 g/mol. The fourth-order valence-electron chi connectivity index (χ4n) is 2.48. The Kier molecular flexibility index (Phi) is 4.40. The number of hydrogen-bond donors (Lipinski definition) is 3. The van der Waals surface area contributed by atoms with E-state index in [-0.39, 0.29) is 5.84 Å². The van der Waals surface area contributed by atoms with Gasteiger partial charge in [-0.1, -0.05) is 16.8 Å². The van der Waals surface area contributed by atoms with Crippen LogP contribution in [0.5, 0.6) is 0 Å². The molecule has 0 aromatic heterocycles. The lowest BCUT2D eigenvalue weighted by Gasteiger charge is -2.25. The molecule has 1 saturated heterocycles. The lowest BCUT2D eigenvalue weighted by molar-refractivity contribution is 0.0481. The molecule has 1 unspecified atom stereocenters. The maximum atomic E-state index is 10.1. The fourth-order valence-corrected chi connectivity index (χ4v) is 2.78. The Labute approximate surface area is 123 Å². The highest BCUT2D eigenvalue weighted by Crippen LogP contribution is 2.31. The van der Waals surface area contributed by atoms with Crippen LogP contribution in [0.15, 0.2) is 23.4 Å². The molecule has 0 radical (unpaired) electrons. The van der Waals surface area contributed by atoms with Gasteiger partial charge in [-0.05, 0) is 44.4 Å². The van der Waals surface area contributed by atoms with E-state index in [1.807, 2.05) is 13.0 Å². The Balaban J connectivity index is 2.21. The number of amidine groups is 1. The van der Waals surface area contributed by atoms with Crippen molar-refractivity contribution in [2.45, 2.75) is 31.8 Å². The number of hydrogen-bond acceptors (Lipinski definition) is 4. The van der Waals surface area contributed by atoms with Crippen LogP contribution in [0.2, 0.25) is 5.02 Å². The molecule has 1 aliphatic rings. The van der Waals surface area contributed by atoms with Crippen LogP contribution in [0, 0.1) is 0 Å². The van der Waals surface area contributed by atoms with Crippen molar-refractivity contribution in [2.24, 2.45) is 10.9 Å². The lowest BCUT2D eigenvalue weighted by atomic mass is 9.98. The number of oxime groups is 1. The van der Waals surface area contributed by atoms with E-state index in [9.17, 15) is 5.11 Å². The van der Waals surface area contributed by atoms with Crippen LogP contribution in [-0.2, 0) is 0 Å². The van der Waals surface area contributed by atoms with Gasteiger partial charge in [-0.25, -0.2) is 0 Å². The second-order valence-corrected chi connectivity index (χ2v) is 5.90. The van der Waals surface area contributed by atoms with E-state index >= 15 is 0 Å². The van der Waals surface area contributed by atoms with Crippen LogP contribution in [0.4, 0.5) is 5.69 Å². The summed E-state index contributed by atoms with van der Waals surface area (Å²) in [4.78, 5) is 2.17. The first-order chi connectivity index (χ1) is 9.43. The van der Waals surface area contributed by atoms with Crippen LogP contribution in [0.1, 0.15) is 31.7 Å². The van der Waals surface area contributed by atoms with Crippen LogP contribution in [0.25, 0.3) is 0 Å². The van der Waals surface area contributed by atoms with E-state index in [0.29, 0.717) is 17.0 Å². The monoisotopic (exact) mass is 297 g/mol. The van der Waals surface area contributed by atoms with Gasteiger partial charge in [-0.3, -0.25) is 0 Å². The first kappa shape index (κ1) is 14.9.